The molecule has 0 aliphatic carbocycles. The summed E-state index contributed by atoms with van der Waals surface area (Å²) in [4.78, 5) is 0. The van der Waals surface area contributed by atoms with Crippen LogP contribution in [0.25, 0.3) is 0 Å². The summed E-state index contributed by atoms with van der Waals surface area (Å²) in [5, 5.41) is 33.3. The van der Waals surface area contributed by atoms with E-state index in [1.807, 2.05) is 115 Å². The molecule has 9 atom stereocenters. The lowest BCUT2D eigenvalue weighted by Crippen LogP contribution is -2.62. The molecule has 2 aliphatic rings. The van der Waals surface area contributed by atoms with Crippen molar-refractivity contribution < 1.29 is 53.2 Å². The standard InChI is InChI=1S/C40H46O11/c1-44-31-19-17-30(18-20-31)21-45-32-25-49-40(35(42)34(32)41)50-26-33-36(46-22-27-11-5-2-6-12-27)37(47-23-28-13-7-3-8-14-28)38(39(43)51-33)48-24-29-15-9-4-10-16-29/h2-20,32-43H,21-26H2,1H3/t32-,33-,34+,35+,36+,37+,38-,39-,40-/m1/s1. The van der Waals surface area contributed by atoms with Crippen molar-refractivity contribution in [1.29, 1.82) is 0 Å². The normalized spacial score (nSPS) is 28.0. The second kappa shape index (κ2) is 18.7. The number of methoxy groups -OCH3 is 1. The minimum Gasteiger partial charge on any atom is -0.497 e. The van der Waals surface area contributed by atoms with Gasteiger partial charge >= 0.3 is 0 Å². The highest BCUT2D eigenvalue weighted by atomic mass is 16.7. The van der Waals surface area contributed by atoms with Crippen LogP contribution < -0.4 is 4.74 Å². The summed E-state index contributed by atoms with van der Waals surface area (Å²) in [7, 11) is 1.60. The third kappa shape index (κ3) is 10.2. The van der Waals surface area contributed by atoms with Crippen LogP contribution >= 0.6 is 0 Å². The summed E-state index contributed by atoms with van der Waals surface area (Å²) < 4.78 is 48.3. The molecule has 4 aromatic carbocycles. The Morgan fingerprint density at radius 1 is 0.549 bits per heavy atom. The van der Waals surface area contributed by atoms with E-state index in [1.54, 1.807) is 7.11 Å². The molecule has 0 spiro atoms. The molecule has 3 N–H and O–H groups in total. The molecule has 11 heteroatoms. The number of hydrogen-bond acceptors (Lipinski definition) is 11. The maximum absolute atomic E-state index is 11.4. The number of rotatable bonds is 16. The number of benzene rings is 4. The van der Waals surface area contributed by atoms with E-state index in [0.29, 0.717) is 0 Å². The Hall–Kier alpha value is -3.72. The van der Waals surface area contributed by atoms with Gasteiger partial charge in [0, 0.05) is 0 Å². The van der Waals surface area contributed by atoms with Crippen LogP contribution in [0.1, 0.15) is 22.3 Å². The average Bonchev–Trinajstić information content (AvgIpc) is 3.17. The number of aliphatic hydroxyl groups excluding tert-OH is 3. The maximum Gasteiger partial charge on any atom is 0.186 e. The fraction of sp³-hybridized carbons (Fsp3) is 0.400. The first-order valence-electron chi connectivity index (χ1n) is 17.1. The summed E-state index contributed by atoms with van der Waals surface area (Å²) >= 11 is 0. The average molecular weight is 703 g/mol. The van der Waals surface area contributed by atoms with Crippen molar-refractivity contribution >= 4 is 0 Å². The third-order valence-electron chi connectivity index (χ3n) is 8.95. The highest BCUT2D eigenvalue weighted by Gasteiger charge is 2.49. The minimum absolute atomic E-state index is 0.0145. The van der Waals surface area contributed by atoms with Crippen molar-refractivity contribution in [3.05, 3.63) is 138 Å². The van der Waals surface area contributed by atoms with Crippen molar-refractivity contribution in [2.75, 3.05) is 20.3 Å². The molecule has 51 heavy (non-hydrogen) atoms. The van der Waals surface area contributed by atoms with E-state index in [0.717, 1.165) is 28.0 Å². The molecule has 2 fully saturated rings. The van der Waals surface area contributed by atoms with Crippen molar-refractivity contribution in [1.82, 2.24) is 0 Å². The second-order valence-corrected chi connectivity index (χ2v) is 12.6. The van der Waals surface area contributed by atoms with Crippen LogP contribution in [0.4, 0.5) is 0 Å². The van der Waals surface area contributed by atoms with E-state index in [2.05, 4.69) is 0 Å². The van der Waals surface area contributed by atoms with Gasteiger partial charge in [-0.25, -0.2) is 0 Å². The Morgan fingerprint density at radius 2 is 1.04 bits per heavy atom. The smallest absolute Gasteiger partial charge is 0.186 e. The molecule has 2 aliphatic heterocycles. The van der Waals surface area contributed by atoms with Gasteiger partial charge in [0.2, 0.25) is 0 Å². The first-order valence-corrected chi connectivity index (χ1v) is 17.1. The molecule has 0 radical (unpaired) electrons. The Bertz CT molecular complexity index is 1560. The molecular weight excluding hydrogens is 656 g/mol. The highest BCUT2D eigenvalue weighted by molar-refractivity contribution is 5.26. The van der Waals surface area contributed by atoms with Crippen LogP contribution in [0.3, 0.4) is 0 Å². The van der Waals surface area contributed by atoms with Gasteiger partial charge in [0.05, 0.1) is 46.8 Å². The molecule has 4 aromatic rings. The van der Waals surface area contributed by atoms with Gasteiger partial charge in [0.25, 0.3) is 0 Å². The van der Waals surface area contributed by atoms with Crippen molar-refractivity contribution in [3.8, 4) is 5.75 Å². The Labute approximate surface area is 298 Å². The molecule has 6 rings (SSSR count). The lowest BCUT2D eigenvalue weighted by Gasteiger charge is -2.45. The van der Waals surface area contributed by atoms with Crippen LogP contribution in [0, 0.1) is 0 Å². The molecule has 0 amide bonds. The lowest BCUT2D eigenvalue weighted by atomic mass is 9.97. The Morgan fingerprint density at radius 3 is 1.59 bits per heavy atom. The Kier molecular flexibility index (Phi) is 13.6. The summed E-state index contributed by atoms with van der Waals surface area (Å²) in [6.45, 7) is 0.715. The van der Waals surface area contributed by atoms with Crippen LogP contribution in [0.15, 0.2) is 115 Å². The molecule has 0 bridgehead atoms. The van der Waals surface area contributed by atoms with Gasteiger partial charge in [0.15, 0.2) is 12.6 Å². The van der Waals surface area contributed by atoms with Crippen molar-refractivity contribution in [3.63, 3.8) is 0 Å². The second-order valence-electron chi connectivity index (χ2n) is 12.6. The molecule has 2 saturated heterocycles. The molecule has 2 heterocycles. The quantitative estimate of drug-likeness (QED) is 0.156. The van der Waals surface area contributed by atoms with Gasteiger partial charge in [0.1, 0.15) is 48.5 Å². The van der Waals surface area contributed by atoms with Crippen LogP contribution in [-0.2, 0) is 59.6 Å². The minimum atomic E-state index is -1.41. The molecule has 11 nitrogen and oxygen atoms in total. The van der Waals surface area contributed by atoms with E-state index in [-0.39, 0.29) is 39.6 Å². The number of aliphatic hydroxyl groups is 3. The van der Waals surface area contributed by atoms with Crippen molar-refractivity contribution in [2.45, 2.75) is 81.7 Å². The fourth-order valence-electron chi connectivity index (χ4n) is 6.07. The molecule has 0 saturated carbocycles. The Balaban J connectivity index is 1.14. The van der Waals surface area contributed by atoms with E-state index in [9.17, 15) is 15.3 Å². The maximum atomic E-state index is 11.4. The zero-order chi connectivity index (χ0) is 35.4. The predicted molar refractivity (Wildman–Crippen MR) is 185 cm³/mol. The van der Waals surface area contributed by atoms with E-state index < -0.39 is 55.3 Å². The summed E-state index contributed by atoms with van der Waals surface area (Å²) in [6.07, 6.45) is -9.38. The third-order valence-corrected chi connectivity index (χ3v) is 8.95. The lowest BCUT2D eigenvalue weighted by molar-refractivity contribution is -0.331. The largest absolute Gasteiger partial charge is 0.497 e. The van der Waals surface area contributed by atoms with Gasteiger partial charge in [-0.2, -0.15) is 0 Å². The molecule has 0 aromatic heterocycles. The van der Waals surface area contributed by atoms with Crippen LogP contribution in [-0.4, -0.2) is 91.0 Å². The number of hydrogen-bond donors (Lipinski definition) is 3. The highest BCUT2D eigenvalue weighted by Crippen LogP contribution is 2.31. The number of ether oxygens (including phenoxy) is 8. The zero-order valence-corrected chi connectivity index (χ0v) is 28.5. The monoisotopic (exact) mass is 702 g/mol. The SMILES string of the molecule is COc1ccc(CO[C@@H]2CO[C@H](OC[C@H]3O[C@@H](O)[C@H](OCc4ccccc4)[C@@H](OCc4ccccc4)[C@H]3OCc3ccccc3)[C@@H](O)[C@H]2O)cc1. The summed E-state index contributed by atoms with van der Waals surface area (Å²) in [5.74, 6) is 0.724. The first-order chi connectivity index (χ1) is 25.0. The molecule has 272 valence electrons. The molecular formula is C40H46O11. The summed E-state index contributed by atoms with van der Waals surface area (Å²) in [6, 6.07) is 36.4. The predicted octanol–water partition coefficient (Wildman–Crippen LogP) is 4.15. The zero-order valence-electron chi connectivity index (χ0n) is 28.5. The van der Waals surface area contributed by atoms with E-state index in [1.165, 1.54) is 0 Å². The van der Waals surface area contributed by atoms with E-state index in [4.69, 9.17) is 37.9 Å². The van der Waals surface area contributed by atoms with Crippen LogP contribution in [0.2, 0.25) is 0 Å². The van der Waals surface area contributed by atoms with Gasteiger partial charge in [-0.3, -0.25) is 0 Å². The molecule has 0 unspecified atom stereocenters. The van der Waals surface area contributed by atoms with Gasteiger partial charge in [-0.15, -0.1) is 0 Å². The van der Waals surface area contributed by atoms with Gasteiger partial charge in [-0.1, -0.05) is 103 Å². The van der Waals surface area contributed by atoms with Gasteiger partial charge in [-0.05, 0) is 34.4 Å². The van der Waals surface area contributed by atoms with Crippen molar-refractivity contribution in [2.24, 2.45) is 0 Å². The summed E-state index contributed by atoms with van der Waals surface area (Å²) in [5.41, 5.74) is 3.67. The van der Waals surface area contributed by atoms with E-state index >= 15 is 0 Å². The topological polar surface area (TPSA) is 135 Å². The fourth-order valence-corrected chi connectivity index (χ4v) is 6.07. The first kappa shape index (κ1) is 37.1. The van der Waals surface area contributed by atoms with Crippen LogP contribution in [0.5, 0.6) is 5.75 Å². The van der Waals surface area contributed by atoms with Gasteiger partial charge < -0.3 is 53.2 Å².